The van der Waals surface area contributed by atoms with Gasteiger partial charge in [0.25, 0.3) is 0 Å². The molecule has 0 aliphatic heterocycles. The third-order valence-electron chi connectivity index (χ3n) is 5.16. The molecule has 0 aromatic heterocycles. The maximum Gasteiger partial charge on any atom is 0.0543 e. The molecule has 106 valence electrons. The summed E-state index contributed by atoms with van der Waals surface area (Å²) < 4.78 is 0. The predicted octanol–water partition coefficient (Wildman–Crippen LogP) is 3.34. The molecule has 2 fully saturated rings. The van der Waals surface area contributed by atoms with Gasteiger partial charge in [0.1, 0.15) is 0 Å². The molecule has 2 unspecified atom stereocenters. The van der Waals surface area contributed by atoms with E-state index in [1.54, 1.807) is 0 Å². The van der Waals surface area contributed by atoms with Gasteiger partial charge in [0.05, 0.1) is 6.10 Å². The zero-order chi connectivity index (χ0) is 13.2. The van der Waals surface area contributed by atoms with Gasteiger partial charge in [-0.15, -0.1) is 0 Å². The van der Waals surface area contributed by atoms with E-state index in [2.05, 4.69) is 26.1 Å². The van der Waals surface area contributed by atoms with Gasteiger partial charge in [0, 0.05) is 6.04 Å². The highest BCUT2D eigenvalue weighted by Crippen LogP contribution is 2.37. The molecule has 18 heavy (non-hydrogen) atoms. The Morgan fingerprint density at radius 3 is 2.17 bits per heavy atom. The van der Waals surface area contributed by atoms with Gasteiger partial charge in [-0.2, -0.15) is 0 Å². The van der Waals surface area contributed by atoms with Crippen molar-refractivity contribution >= 4 is 0 Å². The quantitative estimate of drug-likeness (QED) is 0.808. The number of aliphatic hydroxyl groups is 1. The fourth-order valence-corrected chi connectivity index (χ4v) is 3.73. The van der Waals surface area contributed by atoms with Crippen LogP contribution in [0.5, 0.6) is 0 Å². The van der Waals surface area contributed by atoms with E-state index >= 15 is 0 Å². The molecular weight excluding hydrogens is 222 g/mol. The van der Waals surface area contributed by atoms with Crippen molar-refractivity contribution in [3.05, 3.63) is 0 Å². The molecule has 2 aliphatic rings. The highest BCUT2D eigenvalue weighted by atomic mass is 16.3. The molecule has 0 aromatic rings. The average molecular weight is 253 g/mol. The Labute approximate surface area is 113 Å². The fraction of sp³-hybridized carbons (Fsp3) is 1.00. The van der Waals surface area contributed by atoms with Crippen molar-refractivity contribution < 1.29 is 5.11 Å². The zero-order valence-electron chi connectivity index (χ0n) is 12.4. The third kappa shape index (κ3) is 3.96. The maximum atomic E-state index is 9.53. The van der Waals surface area contributed by atoms with Crippen LogP contribution in [0.1, 0.15) is 65.7 Å². The lowest BCUT2D eigenvalue weighted by Crippen LogP contribution is -2.38. The van der Waals surface area contributed by atoms with Crippen LogP contribution in [0.2, 0.25) is 0 Å². The van der Waals surface area contributed by atoms with E-state index in [0.29, 0.717) is 5.41 Å². The molecule has 0 aromatic carbocycles. The molecule has 2 atom stereocenters. The summed E-state index contributed by atoms with van der Waals surface area (Å²) in [5, 5.41) is 13.3. The lowest BCUT2D eigenvalue weighted by molar-refractivity contribution is 0.156. The van der Waals surface area contributed by atoms with Gasteiger partial charge in [0.2, 0.25) is 0 Å². The fourth-order valence-electron chi connectivity index (χ4n) is 3.73. The van der Waals surface area contributed by atoms with Gasteiger partial charge in [-0.1, -0.05) is 20.8 Å². The van der Waals surface area contributed by atoms with E-state index in [1.807, 2.05) is 0 Å². The topological polar surface area (TPSA) is 32.3 Å². The third-order valence-corrected chi connectivity index (χ3v) is 5.16. The first-order valence-corrected chi connectivity index (χ1v) is 7.86. The van der Waals surface area contributed by atoms with E-state index in [-0.39, 0.29) is 6.10 Å². The van der Waals surface area contributed by atoms with E-state index < -0.39 is 0 Å². The molecule has 2 nitrogen and oxygen atoms in total. The number of nitrogens with one attached hydrogen (secondary N) is 1. The molecule has 0 amide bonds. The van der Waals surface area contributed by atoms with Gasteiger partial charge in [-0.05, 0) is 68.7 Å². The molecule has 2 heteroatoms. The van der Waals surface area contributed by atoms with Gasteiger partial charge in [-0.3, -0.25) is 0 Å². The zero-order valence-corrected chi connectivity index (χ0v) is 12.4. The SMILES string of the molecule is CC(C)(C)C1CCC(NCC2CCC(O)C2)CC1. The summed E-state index contributed by atoms with van der Waals surface area (Å²) in [5.41, 5.74) is 0.487. The smallest absolute Gasteiger partial charge is 0.0543 e. The summed E-state index contributed by atoms with van der Waals surface area (Å²) in [4.78, 5) is 0. The van der Waals surface area contributed by atoms with Crippen molar-refractivity contribution in [2.45, 2.75) is 77.9 Å². The van der Waals surface area contributed by atoms with Crippen LogP contribution >= 0.6 is 0 Å². The minimum atomic E-state index is -0.0200. The van der Waals surface area contributed by atoms with Gasteiger partial charge < -0.3 is 10.4 Å². The van der Waals surface area contributed by atoms with Crippen LogP contribution in [0.3, 0.4) is 0 Å². The Balaban J connectivity index is 1.65. The van der Waals surface area contributed by atoms with Gasteiger partial charge >= 0.3 is 0 Å². The van der Waals surface area contributed by atoms with Crippen LogP contribution in [0, 0.1) is 17.3 Å². The summed E-state index contributed by atoms with van der Waals surface area (Å²) in [5.74, 6) is 1.63. The Kier molecular flexibility index (Phi) is 4.71. The number of aliphatic hydroxyl groups excluding tert-OH is 1. The minimum absolute atomic E-state index is 0.0200. The summed E-state index contributed by atoms with van der Waals surface area (Å²) in [6.45, 7) is 8.27. The summed E-state index contributed by atoms with van der Waals surface area (Å²) in [6.07, 6.45) is 8.68. The minimum Gasteiger partial charge on any atom is -0.393 e. The first kappa shape index (κ1) is 14.3. The second kappa shape index (κ2) is 5.92. The monoisotopic (exact) mass is 253 g/mol. The molecule has 0 bridgehead atoms. The largest absolute Gasteiger partial charge is 0.393 e. The Morgan fingerprint density at radius 1 is 1.00 bits per heavy atom. The van der Waals surface area contributed by atoms with E-state index in [9.17, 15) is 5.11 Å². The first-order valence-electron chi connectivity index (χ1n) is 7.86. The van der Waals surface area contributed by atoms with Crippen molar-refractivity contribution in [2.75, 3.05) is 6.54 Å². The van der Waals surface area contributed by atoms with Crippen LogP contribution in [0.25, 0.3) is 0 Å². The van der Waals surface area contributed by atoms with Gasteiger partial charge in [-0.25, -0.2) is 0 Å². The predicted molar refractivity (Wildman–Crippen MR) is 76.6 cm³/mol. The Hall–Kier alpha value is -0.0800. The van der Waals surface area contributed by atoms with Crippen LogP contribution in [0.4, 0.5) is 0 Å². The molecule has 2 aliphatic carbocycles. The van der Waals surface area contributed by atoms with Crippen LogP contribution in [0.15, 0.2) is 0 Å². The van der Waals surface area contributed by atoms with Crippen molar-refractivity contribution in [3.63, 3.8) is 0 Å². The molecule has 2 N–H and O–H groups in total. The molecule has 0 heterocycles. The number of hydrogen-bond donors (Lipinski definition) is 2. The number of hydrogen-bond acceptors (Lipinski definition) is 2. The summed E-state index contributed by atoms with van der Waals surface area (Å²) in [6, 6.07) is 0.737. The van der Waals surface area contributed by atoms with E-state index in [0.717, 1.165) is 37.3 Å². The van der Waals surface area contributed by atoms with Crippen molar-refractivity contribution in [1.82, 2.24) is 5.32 Å². The summed E-state index contributed by atoms with van der Waals surface area (Å²) >= 11 is 0. The molecular formula is C16H31NO. The second-order valence-electron chi connectivity index (χ2n) is 7.66. The van der Waals surface area contributed by atoms with Crippen LogP contribution in [-0.2, 0) is 0 Å². The summed E-state index contributed by atoms with van der Waals surface area (Å²) in [7, 11) is 0. The van der Waals surface area contributed by atoms with E-state index in [1.165, 1.54) is 32.1 Å². The second-order valence-corrected chi connectivity index (χ2v) is 7.66. The maximum absolute atomic E-state index is 9.53. The normalized spacial score (nSPS) is 38.0. The standard InChI is InChI=1S/C16H31NO/c1-16(2,3)13-5-7-14(8-6-13)17-11-12-4-9-15(18)10-12/h12-15,17-18H,4-11H2,1-3H3. The lowest BCUT2D eigenvalue weighted by Gasteiger charge is -2.37. The van der Waals surface area contributed by atoms with E-state index in [4.69, 9.17) is 0 Å². The molecule has 0 saturated heterocycles. The van der Waals surface area contributed by atoms with Gasteiger partial charge in [0.15, 0.2) is 0 Å². The van der Waals surface area contributed by atoms with Crippen LogP contribution < -0.4 is 5.32 Å². The highest BCUT2D eigenvalue weighted by Gasteiger charge is 2.30. The molecule has 2 rings (SSSR count). The van der Waals surface area contributed by atoms with Crippen molar-refractivity contribution in [2.24, 2.45) is 17.3 Å². The molecule has 2 saturated carbocycles. The van der Waals surface area contributed by atoms with Crippen molar-refractivity contribution in [1.29, 1.82) is 0 Å². The van der Waals surface area contributed by atoms with Crippen molar-refractivity contribution in [3.8, 4) is 0 Å². The number of rotatable bonds is 3. The Morgan fingerprint density at radius 2 is 1.67 bits per heavy atom. The average Bonchev–Trinajstić information content (AvgIpc) is 2.72. The van der Waals surface area contributed by atoms with Crippen LogP contribution in [-0.4, -0.2) is 23.8 Å². The molecule has 0 radical (unpaired) electrons. The lowest BCUT2D eigenvalue weighted by atomic mass is 9.71. The highest BCUT2D eigenvalue weighted by molar-refractivity contribution is 4.84. The Bertz CT molecular complexity index is 250. The molecule has 0 spiro atoms. The first-order chi connectivity index (χ1) is 8.45.